The molecule has 0 aromatic heterocycles. The van der Waals surface area contributed by atoms with Crippen molar-refractivity contribution in [2.45, 2.75) is 11.8 Å². The summed E-state index contributed by atoms with van der Waals surface area (Å²) in [5, 5.41) is 3.22. The summed E-state index contributed by atoms with van der Waals surface area (Å²) in [5.41, 5.74) is 1.02. The predicted molar refractivity (Wildman–Crippen MR) is 120 cm³/mol. The van der Waals surface area contributed by atoms with Crippen LogP contribution in [0.5, 0.6) is 11.5 Å². The molecule has 162 valence electrons. The predicted octanol–water partition coefficient (Wildman–Crippen LogP) is 4.56. The van der Waals surface area contributed by atoms with Gasteiger partial charge in [-0.05, 0) is 79.7 Å². The average molecular weight is 461 g/mol. The summed E-state index contributed by atoms with van der Waals surface area (Å²) >= 11 is 5.81. The number of halogens is 1. The van der Waals surface area contributed by atoms with Gasteiger partial charge in [-0.1, -0.05) is 11.6 Å². The fourth-order valence-electron chi connectivity index (χ4n) is 2.59. The summed E-state index contributed by atoms with van der Waals surface area (Å²) in [7, 11) is -3.76. The molecule has 0 spiro atoms. The molecule has 9 heteroatoms. The number of hydrogen-bond acceptors (Lipinski definition) is 5. The third-order valence-electron chi connectivity index (χ3n) is 4.05. The highest BCUT2D eigenvalue weighted by Gasteiger charge is 2.14. The number of amides is 1. The first-order valence-electron chi connectivity index (χ1n) is 9.40. The molecule has 3 aromatic rings. The number of nitrogens with one attached hydrogen (secondary N) is 2. The first-order chi connectivity index (χ1) is 14.9. The van der Waals surface area contributed by atoms with E-state index in [2.05, 4.69) is 10.0 Å². The lowest BCUT2D eigenvalue weighted by molar-refractivity contribution is -0.118. The molecule has 31 heavy (non-hydrogen) atoms. The molecule has 0 aliphatic rings. The van der Waals surface area contributed by atoms with Gasteiger partial charge in [-0.15, -0.1) is 0 Å². The monoisotopic (exact) mass is 460 g/mol. The van der Waals surface area contributed by atoms with E-state index >= 15 is 0 Å². The van der Waals surface area contributed by atoms with Crippen molar-refractivity contribution in [3.8, 4) is 11.5 Å². The van der Waals surface area contributed by atoms with Crippen LogP contribution in [0.4, 0.5) is 11.4 Å². The number of rotatable bonds is 9. The van der Waals surface area contributed by atoms with Crippen LogP contribution in [0.15, 0.2) is 77.7 Å². The number of ether oxygens (including phenoxy) is 2. The van der Waals surface area contributed by atoms with Crippen molar-refractivity contribution in [2.75, 3.05) is 23.3 Å². The molecule has 0 radical (unpaired) electrons. The van der Waals surface area contributed by atoms with Gasteiger partial charge in [0.1, 0.15) is 11.5 Å². The van der Waals surface area contributed by atoms with Crippen LogP contribution in [0.3, 0.4) is 0 Å². The molecule has 0 atom stereocenters. The van der Waals surface area contributed by atoms with Gasteiger partial charge in [0.15, 0.2) is 6.61 Å². The smallest absolute Gasteiger partial charge is 0.262 e. The van der Waals surface area contributed by atoms with E-state index < -0.39 is 10.0 Å². The molecule has 0 unspecified atom stereocenters. The van der Waals surface area contributed by atoms with Gasteiger partial charge in [0.05, 0.1) is 11.5 Å². The fraction of sp³-hybridized carbons (Fsp3) is 0.136. The SMILES string of the molecule is CCOc1ccc(NC(=O)COc2ccc(S(=O)(=O)Nc3ccc(Cl)cc3)cc2)cc1. The highest BCUT2D eigenvalue weighted by atomic mass is 35.5. The molecule has 3 aromatic carbocycles. The molecule has 0 saturated carbocycles. The zero-order chi connectivity index (χ0) is 22.3. The Balaban J connectivity index is 1.53. The summed E-state index contributed by atoms with van der Waals surface area (Å²) in [6, 6.07) is 19.1. The summed E-state index contributed by atoms with van der Waals surface area (Å²) in [6.45, 7) is 2.24. The quantitative estimate of drug-likeness (QED) is 0.488. The van der Waals surface area contributed by atoms with Crippen molar-refractivity contribution in [1.29, 1.82) is 0 Å². The van der Waals surface area contributed by atoms with Crippen molar-refractivity contribution < 1.29 is 22.7 Å². The molecule has 0 saturated heterocycles. The summed E-state index contributed by atoms with van der Waals surface area (Å²) in [6.07, 6.45) is 0. The number of hydrogen-bond donors (Lipinski definition) is 2. The van der Waals surface area contributed by atoms with E-state index in [1.165, 1.54) is 24.3 Å². The van der Waals surface area contributed by atoms with E-state index in [4.69, 9.17) is 21.1 Å². The van der Waals surface area contributed by atoms with Crippen LogP contribution < -0.4 is 19.5 Å². The first kappa shape index (κ1) is 22.5. The summed E-state index contributed by atoms with van der Waals surface area (Å²) < 4.78 is 38.2. The van der Waals surface area contributed by atoms with Crippen molar-refractivity contribution in [3.63, 3.8) is 0 Å². The van der Waals surface area contributed by atoms with Crippen molar-refractivity contribution >= 4 is 38.9 Å². The Labute approximate surface area is 186 Å². The van der Waals surface area contributed by atoms with Crippen molar-refractivity contribution in [2.24, 2.45) is 0 Å². The standard InChI is InChI=1S/C22H21ClN2O5S/c1-2-29-19-9-7-17(8-10-19)24-22(26)15-30-20-11-13-21(14-12-20)31(27,28)25-18-5-3-16(23)4-6-18/h3-14,25H,2,15H2,1H3,(H,24,26). The minimum atomic E-state index is -3.76. The second-order valence-electron chi connectivity index (χ2n) is 6.38. The van der Waals surface area contributed by atoms with Crippen molar-refractivity contribution in [3.05, 3.63) is 77.8 Å². The molecule has 0 aliphatic heterocycles. The average Bonchev–Trinajstić information content (AvgIpc) is 2.76. The van der Waals surface area contributed by atoms with E-state index in [1.54, 1.807) is 48.5 Å². The van der Waals surface area contributed by atoms with Crippen LogP contribution in [-0.2, 0) is 14.8 Å². The fourth-order valence-corrected chi connectivity index (χ4v) is 3.78. The minimum Gasteiger partial charge on any atom is -0.494 e. The van der Waals surface area contributed by atoms with Crippen LogP contribution in [0.1, 0.15) is 6.92 Å². The van der Waals surface area contributed by atoms with Gasteiger partial charge >= 0.3 is 0 Å². The topological polar surface area (TPSA) is 93.7 Å². The van der Waals surface area contributed by atoms with Gasteiger partial charge < -0.3 is 14.8 Å². The highest BCUT2D eigenvalue weighted by Crippen LogP contribution is 2.21. The normalized spacial score (nSPS) is 10.9. The first-order valence-corrected chi connectivity index (χ1v) is 11.3. The van der Waals surface area contributed by atoms with Gasteiger partial charge in [-0.2, -0.15) is 0 Å². The Kier molecular flexibility index (Phi) is 7.38. The summed E-state index contributed by atoms with van der Waals surface area (Å²) in [5.74, 6) is 0.745. The van der Waals surface area contributed by atoms with Crippen LogP contribution >= 0.6 is 11.6 Å². The lowest BCUT2D eigenvalue weighted by atomic mass is 10.3. The molecule has 0 heterocycles. The molecule has 1 amide bonds. The second-order valence-corrected chi connectivity index (χ2v) is 8.50. The molecule has 2 N–H and O–H groups in total. The Bertz CT molecular complexity index is 1120. The molecule has 0 fully saturated rings. The maximum Gasteiger partial charge on any atom is 0.262 e. The van der Waals surface area contributed by atoms with Crippen LogP contribution in [0.2, 0.25) is 5.02 Å². The maximum absolute atomic E-state index is 12.5. The van der Waals surface area contributed by atoms with Gasteiger partial charge in [0.2, 0.25) is 0 Å². The minimum absolute atomic E-state index is 0.0636. The lowest BCUT2D eigenvalue weighted by Crippen LogP contribution is -2.20. The Hall–Kier alpha value is -3.23. The Morgan fingerprint density at radius 3 is 2.00 bits per heavy atom. The van der Waals surface area contributed by atoms with Gasteiger partial charge in [0, 0.05) is 16.4 Å². The zero-order valence-corrected chi connectivity index (χ0v) is 18.2. The van der Waals surface area contributed by atoms with E-state index in [0.29, 0.717) is 28.8 Å². The lowest BCUT2D eigenvalue weighted by Gasteiger charge is -2.10. The molecule has 3 rings (SSSR count). The van der Waals surface area contributed by atoms with E-state index in [1.807, 2.05) is 6.92 Å². The van der Waals surface area contributed by atoms with Gasteiger partial charge in [-0.3, -0.25) is 9.52 Å². The highest BCUT2D eigenvalue weighted by molar-refractivity contribution is 7.92. The second kappa shape index (κ2) is 10.2. The molecular formula is C22H21ClN2O5S. The van der Waals surface area contributed by atoms with Crippen LogP contribution in [-0.4, -0.2) is 27.5 Å². The Morgan fingerprint density at radius 2 is 1.39 bits per heavy atom. The molecule has 0 bridgehead atoms. The molecular weight excluding hydrogens is 440 g/mol. The zero-order valence-electron chi connectivity index (χ0n) is 16.7. The number of sulfonamides is 1. The largest absolute Gasteiger partial charge is 0.494 e. The number of carbonyl (C=O) groups is 1. The molecule has 7 nitrogen and oxygen atoms in total. The third kappa shape index (κ3) is 6.63. The van der Waals surface area contributed by atoms with Gasteiger partial charge in [-0.25, -0.2) is 8.42 Å². The van der Waals surface area contributed by atoms with E-state index in [9.17, 15) is 13.2 Å². The van der Waals surface area contributed by atoms with Crippen molar-refractivity contribution in [1.82, 2.24) is 0 Å². The number of carbonyl (C=O) groups excluding carboxylic acids is 1. The van der Waals surface area contributed by atoms with E-state index in [-0.39, 0.29) is 17.4 Å². The van der Waals surface area contributed by atoms with E-state index in [0.717, 1.165) is 5.75 Å². The molecule has 0 aliphatic carbocycles. The third-order valence-corrected chi connectivity index (χ3v) is 5.70. The van der Waals surface area contributed by atoms with Crippen LogP contribution in [0, 0.1) is 0 Å². The Morgan fingerprint density at radius 1 is 0.839 bits per heavy atom. The van der Waals surface area contributed by atoms with Gasteiger partial charge in [0.25, 0.3) is 15.9 Å². The number of benzene rings is 3. The van der Waals surface area contributed by atoms with Crippen LogP contribution in [0.25, 0.3) is 0 Å². The maximum atomic E-state index is 12.5. The number of anilines is 2. The summed E-state index contributed by atoms with van der Waals surface area (Å²) in [4.78, 5) is 12.1.